The molecule has 79 heavy (non-hydrogen) atoms. The van der Waals surface area contributed by atoms with Crippen molar-refractivity contribution in [2.75, 3.05) is 13.2 Å². The van der Waals surface area contributed by atoms with Crippen molar-refractivity contribution in [1.29, 1.82) is 0 Å². The molecule has 0 saturated carbocycles. The van der Waals surface area contributed by atoms with Crippen LogP contribution in [0, 0.1) is 0 Å². The van der Waals surface area contributed by atoms with Gasteiger partial charge >= 0.3 is 17.9 Å². The molecule has 468 valence electrons. The van der Waals surface area contributed by atoms with Crippen LogP contribution in [0.5, 0.6) is 0 Å². The van der Waals surface area contributed by atoms with Crippen LogP contribution < -0.4 is 0 Å². The molecule has 0 radical (unpaired) electrons. The molecule has 0 aliphatic carbocycles. The van der Waals surface area contributed by atoms with Crippen molar-refractivity contribution in [3.8, 4) is 0 Å². The summed E-state index contributed by atoms with van der Waals surface area (Å²) in [5.41, 5.74) is 0. The molecule has 1 unspecified atom stereocenters. The molecule has 0 aromatic heterocycles. The Kier molecular flexibility index (Phi) is 67.0. The van der Waals surface area contributed by atoms with Crippen LogP contribution in [0.1, 0.15) is 419 Å². The van der Waals surface area contributed by atoms with E-state index < -0.39 is 6.10 Å². The first kappa shape index (κ1) is 77.2. The number of esters is 3. The standard InChI is InChI=1S/C73H140O6/c1-4-7-10-13-16-19-22-24-26-28-30-32-34-35-36-37-38-39-40-42-43-45-47-49-51-54-57-60-63-66-72(75)78-69-70(68-77-71(74)65-62-59-56-53-21-18-15-12-9-6-3)79-73(76)67-64-61-58-55-52-50-48-46-44-41-33-31-29-27-25-23-20-17-14-11-8-5-2/h12,15,70H,4-11,13-14,16-69H2,1-3H3/b15-12-. The number of ether oxygens (including phenoxy) is 3. The van der Waals surface area contributed by atoms with Gasteiger partial charge in [-0.3, -0.25) is 14.4 Å². The normalized spacial score (nSPS) is 12.0. The number of hydrogen-bond donors (Lipinski definition) is 0. The number of allylic oxidation sites excluding steroid dienone is 2. The molecule has 0 aliphatic rings. The minimum atomic E-state index is -0.769. The van der Waals surface area contributed by atoms with Gasteiger partial charge in [0.05, 0.1) is 0 Å². The van der Waals surface area contributed by atoms with E-state index in [1.807, 2.05) is 0 Å². The molecule has 0 aromatic carbocycles. The molecule has 6 nitrogen and oxygen atoms in total. The summed E-state index contributed by atoms with van der Waals surface area (Å²) in [6, 6.07) is 0. The zero-order chi connectivity index (χ0) is 57.1. The molecule has 0 aromatic rings. The van der Waals surface area contributed by atoms with E-state index in [0.29, 0.717) is 19.3 Å². The van der Waals surface area contributed by atoms with Gasteiger partial charge in [0.2, 0.25) is 0 Å². The van der Waals surface area contributed by atoms with Gasteiger partial charge in [-0.25, -0.2) is 0 Å². The quantitative estimate of drug-likeness (QED) is 0.0261. The maximum atomic E-state index is 12.9. The number of rotatable bonds is 68. The maximum Gasteiger partial charge on any atom is 0.306 e. The van der Waals surface area contributed by atoms with Gasteiger partial charge in [0.1, 0.15) is 13.2 Å². The lowest BCUT2D eigenvalue weighted by Gasteiger charge is -2.18. The number of carbonyl (C=O) groups excluding carboxylic acids is 3. The van der Waals surface area contributed by atoms with Crippen molar-refractivity contribution < 1.29 is 28.6 Å². The molecule has 6 heteroatoms. The molecule has 0 N–H and O–H groups in total. The van der Waals surface area contributed by atoms with Crippen LogP contribution in [0.3, 0.4) is 0 Å². The largest absolute Gasteiger partial charge is 0.462 e. The van der Waals surface area contributed by atoms with Crippen molar-refractivity contribution in [2.24, 2.45) is 0 Å². The van der Waals surface area contributed by atoms with E-state index in [9.17, 15) is 14.4 Å². The van der Waals surface area contributed by atoms with Crippen molar-refractivity contribution >= 4 is 17.9 Å². The lowest BCUT2D eigenvalue weighted by atomic mass is 10.0. The molecule has 0 amide bonds. The summed E-state index contributed by atoms with van der Waals surface area (Å²) in [6.45, 7) is 6.66. The lowest BCUT2D eigenvalue weighted by molar-refractivity contribution is -0.167. The Bertz CT molecular complexity index is 1230. The van der Waals surface area contributed by atoms with Crippen molar-refractivity contribution in [3.63, 3.8) is 0 Å². The van der Waals surface area contributed by atoms with Gasteiger partial charge in [-0.1, -0.05) is 373 Å². The second-order valence-corrected chi connectivity index (χ2v) is 24.9. The van der Waals surface area contributed by atoms with E-state index >= 15 is 0 Å². The van der Waals surface area contributed by atoms with Gasteiger partial charge < -0.3 is 14.2 Å². The Balaban J connectivity index is 4.08. The monoisotopic (exact) mass is 1110 g/mol. The fraction of sp³-hybridized carbons (Fsp3) is 0.932. The highest BCUT2D eigenvalue weighted by atomic mass is 16.6. The molecule has 0 bridgehead atoms. The fourth-order valence-electron chi connectivity index (χ4n) is 11.3. The molecule has 1 atom stereocenters. The minimum absolute atomic E-state index is 0.0660. The number of carbonyl (C=O) groups is 3. The predicted molar refractivity (Wildman–Crippen MR) is 344 cm³/mol. The summed E-state index contributed by atoms with van der Waals surface area (Å²) in [7, 11) is 0. The van der Waals surface area contributed by atoms with Gasteiger partial charge in [0.15, 0.2) is 6.10 Å². The Morgan fingerprint density at radius 2 is 0.443 bits per heavy atom. The van der Waals surface area contributed by atoms with Crippen LogP contribution in [-0.2, 0) is 28.6 Å². The summed E-state index contributed by atoms with van der Waals surface area (Å²) >= 11 is 0. The molecule has 0 saturated heterocycles. The van der Waals surface area contributed by atoms with Gasteiger partial charge in [-0.15, -0.1) is 0 Å². The van der Waals surface area contributed by atoms with Crippen LogP contribution in [0.2, 0.25) is 0 Å². The first-order valence-corrected chi connectivity index (χ1v) is 36.2. The minimum Gasteiger partial charge on any atom is -0.462 e. The topological polar surface area (TPSA) is 78.9 Å². The summed E-state index contributed by atoms with van der Waals surface area (Å²) in [6.07, 6.45) is 82.7. The summed E-state index contributed by atoms with van der Waals surface area (Å²) in [4.78, 5) is 38.3. The van der Waals surface area contributed by atoms with Crippen LogP contribution in [-0.4, -0.2) is 37.2 Å². The zero-order valence-electron chi connectivity index (χ0n) is 53.9. The average molecular weight is 1110 g/mol. The summed E-state index contributed by atoms with van der Waals surface area (Å²) < 4.78 is 17.0. The lowest BCUT2D eigenvalue weighted by Crippen LogP contribution is -2.30. The third-order valence-electron chi connectivity index (χ3n) is 16.8. The fourth-order valence-corrected chi connectivity index (χ4v) is 11.3. The van der Waals surface area contributed by atoms with E-state index in [-0.39, 0.29) is 31.1 Å². The van der Waals surface area contributed by atoms with Gasteiger partial charge in [0, 0.05) is 19.3 Å². The third-order valence-corrected chi connectivity index (χ3v) is 16.8. The van der Waals surface area contributed by atoms with Crippen LogP contribution in [0.25, 0.3) is 0 Å². The van der Waals surface area contributed by atoms with E-state index in [4.69, 9.17) is 14.2 Å². The van der Waals surface area contributed by atoms with Gasteiger partial charge in [-0.2, -0.15) is 0 Å². The Morgan fingerprint density at radius 3 is 0.684 bits per heavy atom. The highest BCUT2D eigenvalue weighted by molar-refractivity contribution is 5.71. The first-order valence-electron chi connectivity index (χ1n) is 36.2. The smallest absolute Gasteiger partial charge is 0.306 e. The average Bonchev–Trinajstić information content (AvgIpc) is 3.45. The van der Waals surface area contributed by atoms with E-state index in [0.717, 1.165) is 70.6 Å². The van der Waals surface area contributed by atoms with Crippen LogP contribution >= 0.6 is 0 Å². The van der Waals surface area contributed by atoms with E-state index in [1.165, 1.54) is 308 Å². The molecule has 0 aliphatic heterocycles. The third kappa shape index (κ3) is 66.8. The Labute approximate surface area is 494 Å². The second kappa shape index (κ2) is 68.6. The Hall–Kier alpha value is -1.85. The highest BCUT2D eigenvalue weighted by Gasteiger charge is 2.19. The molecular weight excluding hydrogens is 973 g/mol. The van der Waals surface area contributed by atoms with Crippen LogP contribution in [0.4, 0.5) is 0 Å². The van der Waals surface area contributed by atoms with Crippen molar-refractivity contribution in [3.05, 3.63) is 12.2 Å². The summed E-state index contributed by atoms with van der Waals surface area (Å²) in [5, 5.41) is 0. The highest BCUT2D eigenvalue weighted by Crippen LogP contribution is 2.20. The zero-order valence-corrected chi connectivity index (χ0v) is 53.9. The molecular formula is C73H140O6. The summed E-state index contributed by atoms with van der Waals surface area (Å²) in [5.74, 6) is -0.843. The van der Waals surface area contributed by atoms with Crippen molar-refractivity contribution in [2.45, 2.75) is 425 Å². The molecule has 0 rings (SSSR count). The second-order valence-electron chi connectivity index (χ2n) is 24.9. The van der Waals surface area contributed by atoms with Crippen LogP contribution in [0.15, 0.2) is 12.2 Å². The van der Waals surface area contributed by atoms with Gasteiger partial charge in [0.25, 0.3) is 0 Å². The predicted octanol–water partition coefficient (Wildman–Crippen LogP) is 24.8. The first-order chi connectivity index (χ1) is 39.0. The van der Waals surface area contributed by atoms with E-state index in [2.05, 4.69) is 32.9 Å². The number of unbranched alkanes of at least 4 members (excludes halogenated alkanes) is 55. The van der Waals surface area contributed by atoms with Crippen molar-refractivity contribution in [1.82, 2.24) is 0 Å². The number of hydrogen-bond acceptors (Lipinski definition) is 6. The van der Waals surface area contributed by atoms with E-state index in [1.54, 1.807) is 0 Å². The van der Waals surface area contributed by atoms with Gasteiger partial charge in [-0.05, 0) is 38.5 Å². The molecule has 0 fully saturated rings. The Morgan fingerprint density at radius 1 is 0.241 bits per heavy atom. The SMILES string of the molecule is CCC/C=C\CCCCCCCC(=O)OCC(COC(=O)CCCCCCCCCCCCCCCCCCCCCCCCCCCCCCC)OC(=O)CCCCCCCCCCCCCCCCCCCCCCCC. The maximum absolute atomic E-state index is 12.9. The molecule has 0 heterocycles. The molecule has 0 spiro atoms.